The third kappa shape index (κ3) is 3.41. The van der Waals surface area contributed by atoms with E-state index in [9.17, 15) is 0 Å². The molecule has 1 atom stereocenters. The Hall–Kier alpha value is -0.340. The van der Waals surface area contributed by atoms with Crippen LogP contribution in [0.4, 0.5) is 0 Å². The van der Waals surface area contributed by atoms with E-state index in [1.165, 1.54) is 61.6 Å². The summed E-state index contributed by atoms with van der Waals surface area (Å²) in [4.78, 5) is 0.514. The van der Waals surface area contributed by atoms with Crippen LogP contribution >= 0.6 is 15.9 Å². The van der Waals surface area contributed by atoms with E-state index >= 15 is 0 Å². The van der Waals surface area contributed by atoms with Crippen LogP contribution in [0.15, 0.2) is 18.2 Å². The lowest BCUT2D eigenvalue weighted by Crippen LogP contribution is -2.07. The second-order valence-electron chi connectivity index (χ2n) is 6.07. The number of alkyl halides is 1. The topological polar surface area (TPSA) is 9.23 Å². The normalized spacial score (nSPS) is 21.3. The van der Waals surface area contributed by atoms with Gasteiger partial charge in [0.2, 0.25) is 0 Å². The van der Waals surface area contributed by atoms with E-state index in [4.69, 9.17) is 4.74 Å². The smallest absolute Gasteiger partial charge is 0.0725 e. The van der Waals surface area contributed by atoms with Crippen LogP contribution in [0.5, 0.6) is 0 Å². The van der Waals surface area contributed by atoms with Gasteiger partial charge < -0.3 is 4.74 Å². The minimum atomic E-state index is 0.514. The molecule has 1 nitrogen and oxygen atoms in total. The van der Waals surface area contributed by atoms with Crippen molar-refractivity contribution in [2.45, 2.75) is 63.0 Å². The fraction of sp³-hybridized carbons (Fsp3) is 0.647. The van der Waals surface area contributed by atoms with Crippen molar-refractivity contribution >= 4 is 15.9 Å². The van der Waals surface area contributed by atoms with Gasteiger partial charge in [0.15, 0.2) is 0 Å². The molecule has 0 radical (unpaired) electrons. The molecule has 1 aliphatic heterocycles. The minimum Gasteiger partial charge on any atom is -0.372 e. The second-order valence-corrected chi connectivity index (χ2v) is 7.18. The molecular formula is C17H23BrO. The molecule has 2 aliphatic rings. The van der Waals surface area contributed by atoms with Gasteiger partial charge in [-0.05, 0) is 35.4 Å². The molecule has 104 valence electrons. The fourth-order valence-corrected chi connectivity index (χ4v) is 3.96. The highest BCUT2D eigenvalue weighted by molar-refractivity contribution is 9.09. The molecule has 0 spiro atoms. The van der Waals surface area contributed by atoms with Crippen molar-refractivity contribution in [2.75, 3.05) is 0 Å². The molecule has 0 bridgehead atoms. The van der Waals surface area contributed by atoms with Gasteiger partial charge in [0.05, 0.1) is 13.2 Å². The Bertz CT molecular complexity index is 423. The van der Waals surface area contributed by atoms with Crippen molar-refractivity contribution in [3.8, 4) is 0 Å². The molecule has 1 aromatic carbocycles. The summed E-state index contributed by atoms with van der Waals surface area (Å²) in [7, 11) is 0. The second kappa shape index (κ2) is 6.41. The molecule has 3 rings (SSSR count). The Balaban J connectivity index is 1.56. The SMILES string of the molecule is BrC(CCC1CCCCC1)c1ccc2c(c1)COC2. The van der Waals surface area contributed by atoms with Crippen LogP contribution in [0.3, 0.4) is 0 Å². The van der Waals surface area contributed by atoms with Gasteiger partial charge in [0, 0.05) is 4.83 Å². The van der Waals surface area contributed by atoms with E-state index in [2.05, 4.69) is 34.1 Å². The van der Waals surface area contributed by atoms with Crippen LogP contribution < -0.4 is 0 Å². The van der Waals surface area contributed by atoms with Crippen molar-refractivity contribution in [2.24, 2.45) is 5.92 Å². The number of hydrogen-bond acceptors (Lipinski definition) is 1. The summed E-state index contributed by atoms with van der Waals surface area (Å²) in [5, 5.41) is 0. The lowest BCUT2D eigenvalue weighted by molar-refractivity contribution is 0.134. The quantitative estimate of drug-likeness (QED) is 0.664. The predicted molar refractivity (Wildman–Crippen MR) is 82.4 cm³/mol. The summed E-state index contributed by atoms with van der Waals surface area (Å²) in [5.41, 5.74) is 4.19. The lowest BCUT2D eigenvalue weighted by atomic mass is 9.85. The highest BCUT2D eigenvalue weighted by Crippen LogP contribution is 2.35. The van der Waals surface area contributed by atoms with Gasteiger partial charge in [-0.25, -0.2) is 0 Å². The van der Waals surface area contributed by atoms with E-state index in [0.29, 0.717) is 4.83 Å². The zero-order valence-corrected chi connectivity index (χ0v) is 13.1. The molecule has 19 heavy (non-hydrogen) atoms. The molecule has 0 aromatic heterocycles. The van der Waals surface area contributed by atoms with Crippen LogP contribution in [0.1, 0.15) is 66.5 Å². The third-order valence-corrected chi connectivity index (χ3v) is 5.65. The van der Waals surface area contributed by atoms with Gasteiger partial charge in [-0.3, -0.25) is 0 Å². The van der Waals surface area contributed by atoms with E-state index < -0.39 is 0 Å². The molecule has 0 saturated heterocycles. The highest BCUT2D eigenvalue weighted by Gasteiger charge is 2.18. The number of halogens is 1. The largest absolute Gasteiger partial charge is 0.372 e. The number of benzene rings is 1. The van der Waals surface area contributed by atoms with E-state index in [1.54, 1.807) is 0 Å². The molecular weight excluding hydrogens is 300 g/mol. The summed E-state index contributed by atoms with van der Waals surface area (Å²) in [6, 6.07) is 6.85. The third-order valence-electron chi connectivity index (χ3n) is 4.66. The van der Waals surface area contributed by atoms with Crippen molar-refractivity contribution in [1.82, 2.24) is 0 Å². The first-order valence-electron chi connectivity index (χ1n) is 7.66. The Labute approximate surface area is 124 Å². The zero-order chi connectivity index (χ0) is 13.1. The van der Waals surface area contributed by atoms with Crippen LogP contribution in [-0.2, 0) is 18.0 Å². The Morgan fingerprint density at radius 2 is 1.89 bits per heavy atom. The highest BCUT2D eigenvalue weighted by atomic mass is 79.9. The molecule has 1 heterocycles. The fourth-order valence-electron chi connectivity index (χ4n) is 3.41. The molecule has 1 aliphatic carbocycles. The van der Waals surface area contributed by atoms with Gasteiger partial charge in [-0.1, -0.05) is 66.2 Å². The van der Waals surface area contributed by atoms with Gasteiger partial charge in [0.1, 0.15) is 0 Å². The van der Waals surface area contributed by atoms with Crippen molar-refractivity contribution in [3.63, 3.8) is 0 Å². The molecule has 1 aromatic rings. The summed E-state index contributed by atoms with van der Waals surface area (Å²) in [5.74, 6) is 0.978. The lowest BCUT2D eigenvalue weighted by Gasteiger charge is -2.22. The summed E-state index contributed by atoms with van der Waals surface area (Å²) < 4.78 is 5.49. The Morgan fingerprint density at radius 3 is 2.74 bits per heavy atom. The van der Waals surface area contributed by atoms with Crippen LogP contribution in [0.2, 0.25) is 0 Å². The monoisotopic (exact) mass is 322 g/mol. The van der Waals surface area contributed by atoms with Crippen molar-refractivity contribution in [3.05, 3.63) is 34.9 Å². The summed E-state index contributed by atoms with van der Waals surface area (Å²) >= 11 is 3.88. The number of ether oxygens (including phenoxy) is 1. The average molecular weight is 323 g/mol. The maximum absolute atomic E-state index is 5.49. The molecule has 1 saturated carbocycles. The molecule has 0 amide bonds. The maximum atomic E-state index is 5.49. The van der Waals surface area contributed by atoms with Gasteiger partial charge in [-0.15, -0.1) is 0 Å². The standard InChI is InChI=1S/C17H23BrO/c18-17(9-6-13-4-2-1-3-5-13)14-7-8-15-11-19-12-16(15)10-14/h7-8,10,13,17H,1-6,9,11-12H2. The van der Waals surface area contributed by atoms with E-state index in [-0.39, 0.29) is 0 Å². The van der Waals surface area contributed by atoms with Gasteiger partial charge >= 0.3 is 0 Å². The Morgan fingerprint density at radius 1 is 1.11 bits per heavy atom. The van der Waals surface area contributed by atoms with Crippen LogP contribution in [0, 0.1) is 5.92 Å². The predicted octanol–water partition coefficient (Wildman–Crippen LogP) is 5.51. The first kappa shape index (κ1) is 13.6. The molecule has 0 N–H and O–H groups in total. The zero-order valence-electron chi connectivity index (χ0n) is 11.5. The number of rotatable bonds is 4. The number of fused-ring (bicyclic) bond motifs is 1. The molecule has 2 heteroatoms. The van der Waals surface area contributed by atoms with Crippen LogP contribution in [0.25, 0.3) is 0 Å². The van der Waals surface area contributed by atoms with Gasteiger partial charge in [-0.2, -0.15) is 0 Å². The van der Waals surface area contributed by atoms with Crippen molar-refractivity contribution in [1.29, 1.82) is 0 Å². The first-order chi connectivity index (χ1) is 9.33. The van der Waals surface area contributed by atoms with Crippen molar-refractivity contribution < 1.29 is 4.74 Å². The first-order valence-corrected chi connectivity index (χ1v) is 8.58. The van der Waals surface area contributed by atoms with E-state index in [0.717, 1.165) is 19.1 Å². The number of hydrogen-bond donors (Lipinski definition) is 0. The summed E-state index contributed by atoms with van der Waals surface area (Å²) in [6.07, 6.45) is 9.92. The van der Waals surface area contributed by atoms with E-state index in [1.807, 2.05) is 0 Å². The average Bonchev–Trinajstić information content (AvgIpc) is 2.93. The minimum absolute atomic E-state index is 0.514. The van der Waals surface area contributed by atoms with Gasteiger partial charge in [0.25, 0.3) is 0 Å². The Kier molecular flexibility index (Phi) is 4.60. The maximum Gasteiger partial charge on any atom is 0.0725 e. The molecule has 1 unspecified atom stereocenters. The van der Waals surface area contributed by atoms with Crippen LogP contribution in [-0.4, -0.2) is 0 Å². The summed E-state index contributed by atoms with van der Waals surface area (Å²) in [6.45, 7) is 1.59. The molecule has 1 fully saturated rings.